The number of aryl methyl sites for hydroxylation is 1. The van der Waals surface area contributed by atoms with Gasteiger partial charge in [0.05, 0.1) is 23.6 Å². The van der Waals surface area contributed by atoms with Crippen LogP contribution in [0.2, 0.25) is 0 Å². The second kappa shape index (κ2) is 8.59. The molecule has 0 atom stereocenters. The lowest BCUT2D eigenvalue weighted by molar-refractivity contribution is -0.118. The highest BCUT2D eigenvalue weighted by atomic mass is 19.1. The van der Waals surface area contributed by atoms with E-state index in [1.807, 2.05) is 6.92 Å². The number of nitrogen functional groups attached to an aromatic ring is 1. The van der Waals surface area contributed by atoms with Crippen LogP contribution in [-0.4, -0.2) is 33.3 Å². The van der Waals surface area contributed by atoms with E-state index >= 15 is 0 Å². The molecule has 1 aromatic carbocycles. The number of halogens is 2. The predicted molar refractivity (Wildman–Crippen MR) is 106 cm³/mol. The van der Waals surface area contributed by atoms with Crippen molar-refractivity contribution in [1.29, 1.82) is 0 Å². The van der Waals surface area contributed by atoms with E-state index in [2.05, 4.69) is 20.3 Å². The first kappa shape index (κ1) is 20.1. The monoisotopic (exact) mass is 398 g/mol. The van der Waals surface area contributed by atoms with Crippen molar-refractivity contribution in [1.82, 2.24) is 19.9 Å². The van der Waals surface area contributed by atoms with Crippen molar-refractivity contribution in [2.45, 2.75) is 20.0 Å². The van der Waals surface area contributed by atoms with Crippen LogP contribution in [0.5, 0.6) is 0 Å². The quantitative estimate of drug-likeness (QED) is 0.659. The number of benzene rings is 1. The van der Waals surface area contributed by atoms with E-state index in [-0.39, 0.29) is 5.56 Å². The molecule has 1 amide bonds. The fourth-order valence-electron chi connectivity index (χ4n) is 2.87. The molecule has 0 unspecified atom stereocenters. The first-order chi connectivity index (χ1) is 13.9. The Balaban J connectivity index is 0.000000176. The van der Waals surface area contributed by atoms with Crippen molar-refractivity contribution in [3.8, 4) is 11.3 Å². The number of rotatable bonds is 3. The minimum atomic E-state index is -0.649. The highest BCUT2D eigenvalue weighted by molar-refractivity contribution is 5.69. The number of aromatic nitrogens is 3. The van der Waals surface area contributed by atoms with Crippen molar-refractivity contribution in [2.24, 2.45) is 0 Å². The van der Waals surface area contributed by atoms with Crippen LogP contribution in [0.4, 0.5) is 20.3 Å². The van der Waals surface area contributed by atoms with Gasteiger partial charge >= 0.3 is 0 Å². The zero-order valence-corrected chi connectivity index (χ0v) is 16.0. The average molecular weight is 398 g/mol. The van der Waals surface area contributed by atoms with Crippen LogP contribution in [-0.2, 0) is 17.9 Å². The SMILES string of the molecule is CNc1nc(-c2ccc(F)cc2F)ccc1N.Cc1ncc2c(n1)CN(C=O)C2. The Hall–Kier alpha value is -3.62. The number of nitrogens with zero attached hydrogens (tertiary/aromatic N) is 4. The molecule has 9 heteroatoms. The molecule has 2 aromatic heterocycles. The van der Waals surface area contributed by atoms with Gasteiger partial charge in [-0.2, -0.15) is 0 Å². The maximum absolute atomic E-state index is 13.5. The van der Waals surface area contributed by atoms with E-state index in [1.165, 1.54) is 12.1 Å². The third-order valence-corrected chi connectivity index (χ3v) is 4.32. The number of nitrogens with one attached hydrogen (secondary N) is 1. The molecule has 3 heterocycles. The van der Waals surface area contributed by atoms with Gasteiger partial charge in [0.25, 0.3) is 0 Å². The summed E-state index contributed by atoms with van der Waals surface area (Å²) in [5, 5.41) is 2.80. The highest BCUT2D eigenvalue weighted by Crippen LogP contribution is 2.25. The third kappa shape index (κ3) is 4.63. The molecular formula is C20H20F2N6O. The fraction of sp³-hybridized carbons (Fsp3) is 0.200. The summed E-state index contributed by atoms with van der Waals surface area (Å²) < 4.78 is 26.3. The highest BCUT2D eigenvalue weighted by Gasteiger charge is 2.18. The zero-order valence-electron chi connectivity index (χ0n) is 16.0. The number of carbonyl (C=O) groups is 1. The molecule has 0 spiro atoms. The Morgan fingerprint density at radius 2 is 1.97 bits per heavy atom. The van der Waals surface area contributed by atoms with E-state index in [1.54, 1.807) is 30.3 Å². The molecule has 1 aliphatic heterocycles. The van der Waals surface area contributed by atoms with Crippen LogP contribution in [0, 0.1) is 18.6 Å². The van der Waals surface area contributed by atoms with Gasteiger partial charge in [-0.15, -0.1) is 0 Å². The second-order valence-electron chi connectivity index (χ2n) is 6.41. The molecule has 3 N–H and O–H groups in total. The fourth-order valence-corrected chi connectivity index (χ4v) is 2.87. The van der Waals surface area contributed by atoms with Crippen molar-refractivity contribution in [3.05, 3.63) is 65.2 Å². The average Bonchev–Trinajstić information content (AvgIpc) is 3.11. The third-order valence-electron chi connectivity index (χ3n) is 4.32. The number of amides is 1. The van der Waals surface area contributed by atoms with Crippen LogP contribution >= 0.6 is 0 Å². The number of fused-ring (bicyclic) bond motifs is 1. The van der Waals surface area contributed by atoms with Crippen molar-refractivity contribution < 1.29 is 13.6 Å². The standard InChI is InChI=1S/C12H11F2N3.C8H9N3O/c1-16-12-10(15)4-5-11(17-12)8-3-2-7(13)6-9(8)14;1-6-9-2-7-3-11(5-12)4-8(7)10-6/h2-6H,15H2,1H3,(H,16,17);2,5H,3-4H2,1H3. The van der Waals surface area contributed by atoms with Crippen LogP contribution in [0.15, 0.2) is 36.5 Å². The van der Waals surface area contributed by atoms with E-state index in [0.717, 1.165) is 29.6 Å². The lowest BCUT2D eigenvalue weighted by atomic mass is 10.1. The lowest BCUT2D eigenvalue weighted by Crippen LogP contribution is -2.12. The van der Waals surface area contributed by atoms with Crippen LogP contribution in [0.25, 0.3) is 11.3 Å². The summed E-state index contributed by atoms with van der Waals surface area (Å²) in [6.45, 7) is 3.13. The molecular weight excluding hydrogens is 378 g/mol. The van der Waals surface area contributed by atoms with E-state index in [9.17, 15) is 13.6 Å². The van der Waals surface area contributed by atoms with Crippen molar-refractivity contribution in [2.75, 3.05) is 18.1 Å². The topological polar surface area (TPSA) is 97.0 Å². The minimum absolute atomic E-state index is 0.239. The smallest absolute Gasteiger partial charge is 0.210 e. The second-order valence-corrected chi connectivity index (χ2v) is 6.41. The van der Waals surface area contributed by atoms with Gasteiger partial charge in [0, 0.05) is 37.0 Å². The molecule has 1 aliphatic rings. The lowest BCUT2D eigenvalue weighted by Gasteiger charge is -2.07. The van der Waals surface area contributed by atoms with Gasteiger partial charge in [0.1, 0.15) is 23.3 Å². The van der Waals surface area contributed by atoms with Crippen molar-refractivity contribution in [3.63, 3.8) is 0 Å². The van der Waals surface area contributed by atoms with Crippen LogP contribution in [0.3, 0.4) is 0 Å². The molecule has 0 aliphatic carbocycles. The van der Waals surface area contributed by atoms with Gasteiger partial charge in [-0.05, 0) is 31.2 Å². The number of anilines is 2. The van der Waals surface area contributed by atoms with Gasteiger partial charge in [0.2, 0.25) is 6.41 Å². The van der Waals surface area contributed by atoms with E-state index in [4.69, 9.17) is 5.73 Å². The van der Waals surface area contributed by atoms with E-state index < -0.39 is 11.6 Å². The Morgan fingerprint density at radius 1 is 1.17 bits per heavy atom. The Kier molecular flexibility index (Phi) is 5.96. The summed E-state index contributed by atoms with van der Waals surface area (Å²) in [6, 6.07) is 6.58. The Morgan fingerprint density at radius 3 is 2.66 bits per heavy atom. The number of hydrogen-bond donors (Lipinski definition) is 2. The number of hydrogen-bond acceptors (Lipinski definition) is 6. The Labute approximate surface area is 166 Å². The van der Waals surface area contributed by atoms with Crippen LogP contribution in [0.1, 0.15) is 17.1 Å². The van der Waals surface area contributed by atoms with E-state index in [0.29, 0.717) is 30.3 Å². The summed E-state index contributed by atoms with van der Waals surface area (Å²) >= 11 is 0. The Bertz CT molecular complexity index is 1040. The van der Waals surface area contributed by atoms with Gasteiger partial charge in [-0.1, -0.05) is 0 Å². The molecule has 0 radical (unpaired) electrons. The summed E-state index contributed by atoms with van der Waals surface area (Å²) in [4.78, 5) is 24.6. The summed E-state index contributed by atoms with van der Waals surface area (Å²) in [6.07, 6.45) is 2.64. The molecule has 7 nitrogen and oxygen atoms in total. The van der Waals surface area contributed by atoms with Gasteiger partial charge in [-0.3, -0.25) is 4.79 Å². The largest absolute Gasteiger partial charge is 0.396 e. The van der Waals surface area contributed by atoms with Gasteiger partial charge in [-0.25, -0.2) is 23.7 Å². The number of nitrogens with two attached hydrogens (primary N) is 1. The molecule has 4 rings (SSSR count). The molecule has 0 saturated heterocycles. The van der Waals surface area contributed by atoms with Crippen LogP contribution < -0.4 is 11.1 Å². The van der Waals surface area contributed by atoms with Crippen molar-refractivity contribution >= 4 is 17.9 Å². The number of pyridine rings is 1. The molecule has 150 valence electrons. The molecule has 0 bridgehead atoms. The van der Waals surface area contributed by atoms with Gasteiger partial charge < -0.3 is 16.0 Å². The number of carbonyl (C=O) groups excluding carboxylic acids is 1. The minimum Gasteiger partial charge on any atom is -0.396 e. The first-order valence-electron chi connectivity index (χ1n) is 8.81. The molecule has 0 saturated carbocycles. The molecule has 0 fully saturated rings. The maximum atomic E-state index is 13.5. The summed E-state index contributed by atoms with van der Waals surface area (Å²) in [7, 11) is 1.67. The molecule has 3 aromatic rings. The normalized spacial score (nSPS) is 12.1. The first-order valence-corrected chi connectivity index (χ1v) is 8.81. The summed E-state index contributed by atoms with van der Waals surface area (Å²) in [5.41, 5.74) is 8.82. The maximum Gasteiger partial charge on any atom is 0.210 e. The summed E-state index contributed by atoms with van der Waals surface area (Å²) in [5.74, 6) is -0.0346. The zero-order chi connectivity index (χ0) is 21.0. The predicted octanol–water partition coefficient (Wildman–Crippen LogP) is 2.91. The van der Waals surface area contributed by atoms with Gasteiger partial charge in [0.15, 0.2) is 0 Å². The molecule has 29 heavy (non-hydrogen) atoms.